The van der Waals surface area contributed by atoms with Crippen molar-refractivity contribution in [3.05, 3.63) is 54.6 Å². The lowest BCUT2D eigenvalue weighted by atomic mass is 9.95. The number of rotatable bonds is 10. The van der Waals surface area contributed by atoms with Crippen LogP contribution >= 0.6 is 11.8 Å². The van der Waals surface area contributed by atoms with Gasteiger partial charge in [0.05, 0.1) is 12.4 Å². The summed E-state index contributed by atoms with van der Waals surface area (Å²) in [6.45, 7) is 3.04. The molecule has 0 spiro atoms. The van der Waals surface area contributed by atoms with Crippen molar-refractivity contribution in [3.8, 4) is 28.7 Å². The Morgan fingerprint density at radius 2 is 2.03 bits per heavy atom. The molecule has 0 saturated carbocycles. The fraction of sp³-hybridized carbons (Fsp3) is 0.400. The highest BCUT2D eigenvalue weighted by Crippen LogP contribution is 2.26. The normalized spacial score (nSPS) is 15.9. The molecule has 1 saturated heterocycles. The van der Waals surface area contributed by atoms with Crippen molar-refractivity contribution in [1.29, 1.82) is 0 Å². The van der Waals surface area contributed by atoms with Crippen molar-refractivity contribution >= 4 is 11.8 Å². The van der Waals surface area contributed by atoms with E-state index in [1.165, 1.54) is 31.0 Å². The number of hydrogen-bond donors (Lipinski definition) is 1. The number of aromatic nitrogens is 6. The predicted molar refractivity (Wildman–Crippen MR) is 134 cm³/mol. The number of nitrogens with one attached hydrogen (secondary N) is 1. The number of hydrogen-bond acceptors (Lipinski definition) is 9. The second kappa shape index (κ2) is 11.5. The summed E-state index contributed by atoms with van der Waals surface area (Å²) in [7, 11) is 1.92. The van der Waals surface area contributed by atoms with Gasteiger partial charge in [-0.2, -0.15) is 0 Å². The summed E-state index contributed by atoms with van der Waals surface area (Å²) in [6, 6.07) is 13.5. The molecule has 10 heteroatoms. The summed E-state index contributed by atoms with van der Waals surface area (Å²) >= 11 is 1.49. The van der Waals surface area contributed by atoms with Gasteiger partial charge in [0, 0.05) is 18.8 Å². The van der Waals surface area contributed by atoms with Gasteiger partial charge >= 0.3 is 0 Å². The first-order valence-corrected chi connectivity index (χ1v) is 12.9. The van der Waals surface area contributed by atoms with Crippen molar-refractivity contribution in [2.45, 2.75) is 36.6 Å². The van der Waals surface area contributed by atoms with Crippen LogP contribution in [-0.2, 0) is 12.8 Å². The van der Waals surface area contributed by atoms with Gasteiger partial charge in [0.2, 0.25) is 11.8 Å². The van der Waals surface area contributed by atoms with E-state index in [1.807, 2.05) is 54.1 Å². The molecule has 5 rings (SSSR count). The van der Waals surface area contributed by atoms with Gasteiger partial charge in [-0.05, 0) is 81.1 Å². The van der Waals surface area contributed by atoms with Crippen LogP contribution in [0.1, 0.15) is 31.6 Å². The van der Waals surface area contributed by atoms with Crippen LogP contribution in [0.2, 0.25) is 0 Å². The average molecular weight is 492 g/mol. The first-order valence-electron chi connectivity index (χ1n) is 12.0. The largest absolute Gasteiger partial charge is 0.494 e. The van der Waals surface area contributed by atoms with Crippen molar-refractivity contribution in [1.82, 2.24) is 35.3 Å². The molecule has 1 aliphatic heterocycles. The number of nitrogens with zero attached hydrogens (tertiary/aromatic N) is 6. The third kappa shape index (κ3) is 6.07. The Hall–Kier alpha value is -3.24. The maximum Gasteiger partial charge on any atom is 0.247 e. The lowest BCUT2D eigenvalue weighted by Gasteiger charge is -2.22. The van der Waals surface area contributed by atoms with Crippen LogP contribution in [0.5, 0.6) is 5.75 Å². The molecule has 1 aliphatic rings. The van der Waals surface area contributed by atoms with E-state index in [4.69, 9.17) is 9.15 Å². The summed E-state index contributed by atoms with van der Waals surface area (Å²) in [5.74, 6) is 3.88. The van der Waals surface area contributed by atoms with E-state index in [0.717, 1.165) is 54.2 Å². The van der Waals surface area contributed by atoms with Gasteiger partial charge in [-0.1, -0.05) is 17.8 Å². The Balaban J connectivity index is 1.11. The molecular formula is C25H29N7O2S. The van der Waals surface area contributed by atoms with Gasteiger partial charge in [-0.3, -0.25) is 4.98 Å². The van der Waals surface area contributed by atoms with Gasteiger partial charge < -0.3 is 19.0 Å². The van der Waals surface area contributed by atoms with Gasteiger partial charge in [0.15, 0.2) is 11.0 Å². The third-order valence-corrected chi connectivity index (χ3v) is 7.05. The fourth-order valence-corrected chi connectivity index (χ4v) is 4.89. The Bertz CT molecular complexity index is 1200. The van der Waals surface area contributed by atoms with E-state index in [-0.39, 0.29) is 0 Å². The van der Waals surface area contributed by atoms with E-state index < -0.39 is 0 Å². The second-order valence-corrected chi connectivity index (χ2v) is 9.54. The summed E-state index contributed by atoms with van der Waals surface area (Å²) in [5, 5.41) is 21.1. The zero-order chi connectivity index (χ0) is 23.9. The Labute approximate surface area is 208 Å². The monoisotopic (exact) mass is 491 g/mol. The van der Waals surface area contributed by atoms with Crippen LogP contribution in [0.4, 0.5) is 0 Å². The van der Waals surface area contributed by atoms with Crippen molar-refractivity contribution in [2.24, 2.45) is 13.0 Å². The van der Waals surface area contributed by atoms with Crippen LogP contribution in [0.15, 0.2) is 58.2 Å². The molecule has 1 aromatic carbocycles. The van der Waals surface area contributed by atoms with Crippen LogP contribution in [-0.4, -0.2) is 49.6 Å². The second-order valence-electron chi connectivity index (χ2n) is 8.60. The number of thioether (sulfide) groups is 1. The standard InChI is InChI=1S/C25H29N7O2S/c1-32-23(21-8-2-3-14-27-21)29-31-25(32)35-17-22-28-30-24(34-22)19-9-11-20(12-10-19)33-15-5-7-18-6-4-13-26-16-18/h2-3,8-12,14,18,26H,4-7,13,15-17H2,1H3. The topological polar surface area (TPSA) is 104 Å². The maximum atomic E-state index is 5.92. The van der Waals surface area contributed by atoms with E-state index >= 15 is 0 Å². The Morgan fingerprint density at radius 1 is 1.11 bits per heavy atom. The van der Waals surface area contributed by atoms with Crippen LogP contribution in [0.25, 0.3) is 23.0 Å². The minimum absolute atomic E-state index is 0.490. The molecule has 4 aromatic rings. The van der Waals surface area contributed by atoms with E-state index in [0.29, 0.717) is 23.4 Å². The molecule has 0 radical (unpaired) electrons. The van der Waals surface area contributed by atoms with Crippen LogP contribution in [0, 0.1) is 5.92 Å². The predicted octanol–water partition coefficient (Wildman–Crippen LogP) is 4.38. The highest BCUT2D eigenvalue weighted by Gasteiger charge is 2.15. The Morgan fingerprint density at radius 3 is 2.83 bits per heavy atom. The minimum atomic E-state index is 0.490. The SMILES string of the molecule is Cn1c(SCc2nnc(-c3ccc(OCCCC4CCCNC4)cc3)o2)nnc1-c1ccccn1. The number of piperidine rings is 1. The first-order chi connectivity index (χ1) is 17.3. The summed E-state index contributed by atoms with van der Waals surface area (Å²) < 4.78 is 13.7. The average Bonchev–Trinajstić information content (AvgIpc) is 3.53. The first kappa shape index (κ1) is 23.5. The fourth-order valence-electron chi connectivity index (χ4n) is 4.14. The lowest BCUT2D eigenvalue weighted by Crippen LogP contribution is -2.29. The summed E-state index contributed by atoms with van der Waals surface area (Å²) in [6.07, 6.45) is 6.65. The molecule has 4 heterocycles. The number of pyridine rings is 1. The minimum Gasteiger partial charge on any atom is -0.494 e. The van der Waals surface area contributed by atoms with Crippen molar-refractivity contribution in [2.75, 3.05) is 19.7 Å². The molecule has 1 fully saturated rings. The maximum absolute atomic E-state index is 5.92. The van der Waals surface area contributed by atoms with Gasteiger partial charge in [0.1, 0.15) is 11.4 Å². The van der Waals surface area contributed by atoms with Gasteiger partial charge in [0.25, 0.3) is 0 Å². The molecule has 3 aromatic heterocycles. The third-order valence-electron chi connectivity index (χ3n) is 6.05. The quantitative estimate of drug-likeness (QED) is 0.256. The smallest absolute Gasteiger partial charge is 0.247 e. The Kier molecular flexibility index (Phi) is 7.69. The number of ether oxygens (including phenoxy) is 1. The highest BCUT2D eigenvalue weighted by molar-refractivity contribution is 7.98. The van der Waals surface area contributed by atoms with Crippen molar-refractivity contribution < 1.29 is 9.15 Å². The zero-order valence-electron chi connectivity index (χ0n) is 19.8. The van der Waals surface area contributed by atoms with E-state index in [2.05, 4.69) is 30.7 Å². The van der Waals surface area contributed by atoms with Crippen LogP contribution in [0.3, 0.4) is 0 Å². The van der Waals surface area contributed by atoms with Crippen molar-refractivity contribution in [3.63, 3.8) is 0 Å². The van der Waals surface area contributed by atoms with Gasteiger partial charge in [-0.15, -0.1) is 20.4 Å². The van der Waals surface area contributed by atoms with Crippen LogP contribution < -0.4 is 10.1 Å². The molecular weight excluding hydrogens is 462 g/mol. The molecule has 1 atom stereocenters. The van der Waals surface area contributed by atoms with Gasteiger partial charge in [-0.25, -0.2) is 0 Å². The zero-order valence-corrected chi connectivity index (χ0v) is 20.6. The molecule has 1 N–H and O–H groups in total. The number of benzene rings is 1. The molecule has 0 amide bonds. The highest BCUT2D eigenvalue weighted by atomic mass is 32.2. The summed E-state index contributed by atoms with van der Waals surface area (Å²) in [4.78, 5) is 4.34. The van der Waals surface area contributed by atoms with E-state index in [9.17, 15) is 0 Å². The molecule has 0 aliphatic carbocycles. The van der Waals surface area contributed by atoms with E-state index in [1.54, 1.807) is 6.20 Å². The molecule has 35 heavy (non-hydrogen) atoms. The molecule has 1 unspecified atom stereocenters. The summed E-state index contributed by atoms with van der Waals surface area (Å²) in [5.41, 5.74) is 1.65. The lowest BCUT2D eigenvalue weighted by molar-refractivity contribution is 0.275. The molecule has 9 nitrogen and oxygen atoms in total. The molecule has 0 bridgehead atoms. The molecule has 182 valence electrons.